The SMILES string of the molecule is CC(Br)CCC1Cc2ccccc2O1. The molecule has 0 spiro atoms. The van der Waals surface area contributed by atoms with Crippen LogP contribution in [-0.2, 0) is 6.42 Å². The van der Waals surface area contributed by atoms with E-state index in [1.165, 1.54) is 12.0 Å². The fourth-order valence-corrected chi connectivity index (χ4v) is 2.09. The zero-order valence-electron chi connectivity index (χ0n) is 8.37. The second-order valence-corrected chi connectivity index (χ2v) is 5.47. The first kappa shape index (κ1) is 10.0. The van der Waals surface area contributed by atoms with Gasteiger partial charge in [-0.3, -0.25) is 0 Å². The Morgan fingerprint density at radius 3 is 3.00 bits per heavy atom. The minimum Gasteiger partial charge on any atom is -0.490 e. The van der Waals surface area contributed by atoms with Gasteiger partial charge in [0.05, 0.1) is 0 Å². The second kappa shape index (κ2) is 4.35. The van der Waals surface area contributed by atoms with Crippen LogP contribution >= 0.6 is 15.9 Å². The molecular weight excluding hydrogens is 240 g/mol. The van der Waals surface area contributed by atoms with Gasteiger partial charge in [0.15, 0.2) is 0 Å². The van der Waals surface area contributed by atoms with Crippen molar-refractivity contribution >= 4 is 15.9 Å². The van der Waals surface area contributed by atoms with Crippen LogP contribution in [0.3, 0.4) is 0 Å². The maximum absolute atomic E-state index is 5.84. The Balaban J connectivity index is 1.92. The molecule has 1 nitrogen and oxygen atoms in total. The summed E-state index contributed by atoms with van der Waals surface area (Å²) in [5.41, 5.74) is 1.36. The van der Waals surface area contributed by atoms with Gasteiger partial charge in [-0.1, -0.05) is 41.1 Å². The highest BCUT2D eigenvalue weighted by molar-refractivity contribution is 9.09. The minimum absolute atomic E-state index is 0.396. The van der Waals surface area contributed by atoms with Crippen LogP contribution in [0.2, 0.25) is 0 Å². The van der Waals surface area contributed by atoms with Gasteiger partial charge in [-0.25, -0.2) is 0 Å². The van der Waals surface area contributed by atoms with E-state index in [1.54, 1.807) is 0 Å². The highest BCUT2D eigenvalue weighted by atomic mass is 79.9. The third kappa shape index (κ3) is 2.30. The predicted octanol–water partition coefficient (Wildman–Crippen LogP) is 3.55. The molecule has 2 unspecified atom stereocenters. The van der Waals surface area contributed by atoms with E-state index in [1.807, 2.05) is 6.07 Å². The number of ether oxygens (including phenoxy) is 1. The summed E-state index contributed by atoms with van der Waals surface area (Å²) >= 11 is 3.56. The Labute approximate surface area is 93.6 Å². The lowest BCUT2D eigenvalue weighted by Crippen LogP contribution is -2.13. The topological polar surface area (TPSA) is 9.23 Å². The van der Waals surface area contributed by atoms with Crippen LogP contribution in [0.4, 0.5) is 0 Å². The quantitative estimate of drug-likeness (QED) is 0.750. The average Bonchev–Trinajstić information content (AvgIpc) is 2.57. The Hall–Kier alpha value is -0.500. The van der Waals surface area contributed by atoms with Crippen LogP contribution in [0.1, 0.15) is 25.3 Å². The van der Waals surface area contributed by atoms with Crippen molar-refractivity contribution in [3.05, 3.63) is 29.8 Å². The Morgan fingerprint density at radius 1 is 1.50 bits per heavy atom. The summed E-state index contributed by atoms with van der Waals surface area (Å²) in [6.07, 6.45) is 3.79. The summed E-state index contributed by atoms with van der Waals surface area (Å²) in [5, 5.41) is 0. The van der Waals surface area contributed by atoms with Crippen molar-refractivity contribution < 1.29 is 4.74 Å². The molecule has 2 heteroatoms. The zero-order valence-corrected chi connectivity index (χ0v) is 9.96. The van der Waals surface area contributed by atoms with E-state index in [9.17, 15) is 0 Å². The van der Waals surface area contributed by atoms with Gasteiger partial charge < -0.3 is 4.74 Å². The summed E-state index contributed by atoms with van der Waals surface area (Å²) in [7, 11) is 0. The number of benzene rings is 1. The fraction of sp³-hybridized carbons (Fsp3) is 0.500. The molecule has 2 rings (SSSR count). The van der Waals surface area contributed by atoms with Crippen molar-refractivity contribution in [2.45, 2.75) is 37.1 Å². The molecule has 1 aliphatic heterocycles. The number of hydrogen-bond donors (Lipinski definition) is 0. The molecule has 0 N–H and O–H groups in total. The lowest BCUT2D eigenvalue weighted by Gasteiger charge is -2.10. The molecule has 0 aromatic heterocycles. The van der Waals surface area contributed by atoms with Gasteiger partial charge in [0.25, 0.3) is 0 Å². The molecule has 1 aromatic carbocycles. The second-order valence-electron chi connectivity index (χ2n) is 3.91. The van der Waals surface area contributed by atoms with Crippen molar-refractivity contribution in [1.82, 2.24) is 0 Å². The zero-order chi connectivity index (χ0) is 9.97. The summed E-state index contributed by atoms with van der Waals surface area (Å²) in [5.74, 6) is 1.08. The largest absolute Gasteiger partial charge is 0.490 e. The van der Waals surface area contributed by atoms with Gasteiger partial charge >= 0.3 is 0 Å². The van der Waals surface area contributed by atoms with Crippen molar-refractivity contribution in [2.75, 3.05) is 0 Å². The number of hydrogen-bond acceptors (Lipinski definition) is 1. The van der Waals surface area contributed by atoms with E-state index >= 15 is 0 Å². The first-order valence-electron chi connectivity index (χ1n) is 5.14. The lowest BCUT2D eigenvalue weighted by atomic mass is 10.1. The number of rotatable bonds is 3. The van der Waals surface area contributed by atoms with Gasteiger partial charge in [0.2, 0.25) is 0 Å². The molecule has 0 radical (unpaired) electrons. The molecule has 0 amide bonds. The molecule has 0 aliphatic carbocycles. The molecule has 1 aromatic rings. The normalized spacial score (nSPS) is 21.4. The first-order chi connectivity index (χ1) is 6.75. The molecule has 0 saturated heterocycles. The lowest BCUT2D eigenvalue weighted by molar-refractivity contribution is 0.218. The van der Waals surface area contributed by atoms with E-state index in [2.05, 4.69) is 41.1 Å². The van der Waals surface area contributed by atoms with Gasteiger partial charge in [-0.15, -0.1) is 0 Å². The fourth-order valence-electron chi connectivity index (χ4n) is 1.83. The van der Waals surface area contributed by atoms with E-state index < -0.39 is 0 Å². The Kier molecular flexibility index (Phi) is 3.12. The van der Waals surface area contributed by atoms with Crippen LogP contribution in [0.25, 0.3) is 0 Å². The molecule has 0 fully saturated rings. The summed E-state index contributed by atoms with van der Waals surface area (Å²) in [4.78, 5) is 0.592. The van der Waals surface area contributed by atoms with Crippen LogP contribution < -0.4 is 4.74 Å². The molecule has 1 heterocycles. The van der Waals surface area contributed by atoms with Gasteiger partial charge in [-0.05, 0) is 24.5 Å². The number of halogens is 1. The van der Waals surface area contributed by atoms with Crippen LogP contribution in [0.5, 0.6) is 5.75 Å². The monoisotopic (exact) mass is 254 g/mol. The molecule has 0 bridgehead atoms. The molecule has 1 aliphatic rings. The Bertz CT molecular complexity index is 284. The highest BCUT2D eigenvalue weighted by Gasteiger charge is 2.21. The Morgan fingerprint density at radius 2 is 2.29 bits per heavy atom. The van der Waals surface area contributed by atoms with Gasteiger partial charge in [0, 0.05) is 11.2 Å². The van der Waals surface area contributed by atoms with Crippen LogP contribution in [-0.4, -0.2) is 10.9 Å². The standard InChI is InChI=1S/C12H15BrO/c1-9(13)6-7-11-8-10-4-2-3-5-12(10)14-11/h2-5,9,11H,6-8H2,1H3. The van der Waals surface area contributed by atoms with Gasteiger partial charge in [-0.2, -0.15) is 0 Å². The minimum atomic E-state index is 0.396. The van der Waals surface area contributed by atoms with E-state index in [0.29, 0.717) is 10.9 Å². The average molecular weight is 255 g/mol. The maximum Gasteiger partial charge on any atom is 0.123 e. The van der Waals surface area contributed by atoms with Crippen molar-refractivity contribution in [3.63, 3.8) is 0 Å². The number of alkyl halides is 1. The molecule has 14 heavy (non-hydrogen) atoms. The van der Waals surface area contributed by atoms with Crippen LogP contribution in [0, 0.1) is 0 Å². The molecule has 76 valence electrons. The third-order valence-electron chi connectivity index (χ3n) is 2.60. The maximum atomic E-state index is 5.84. The molecule has 2 atom stereocenters. The smallest absolute Gasteiger partial charge is 0.123 e. The van der Waals surface area contributed by atoms with Crippen molar-refractivity contribution in [2.24, 2.45) is 0 Å². The third-order valence-corrected chi connectivity index (χ3v) is 3.06. The summed E-state index contributed by atoms with van der Waals surface area (Å²) < 4.78 is 5.84. The summed E-state index contributed by atoms with van der Waals surface area (Å²) in [6.45, 7) is 2.18. The number of para-hydroxylation sites is 1. The predicted molar refractivity (Wildman–Crippen MR) is 62.2 cm³/mol. The highest BCUT2D eigenvalue weighted by Crippen LogP contribution is 2.30. The van der Waals surface area contributed by atoms with E-state index in [4.69, 9.17) is 4.74 Å². The first-order valence-corrected chi connectivity index (χ1v) is 6.06. The molecular formula is C12H15BrO. The van der Waals surface area contributed by atoms with E-state index in [-0.39, 0.29) is 0 Å². The number of fused-ring (bicyclic) bond motifs is 1. The summed E-state index contributed by atoms with van der Waals surface area (Å²) in [6, 6.07) is 8.34. The van der Waals surface area contributed by atoms with E-state index in [0.717, 1.165) is 18.6 Å². The van der Waals surface area contributed by atoms with Crippen molar-refractivity contribution in [1.29, 1.82) is 0 Å². The molecule has 0 saturated carbocycles. The van der Waals surface area contributed by atoms with Crippen molar-refractivity contribution in [3.8, 4) is 5.75 Å². The van der Waals surface area contributed by atoms with Gasteiger partial charge in [0.1, 0.15) is 11.9 Å². The van der Waals surface area contributed by atoms with Crippen LogP contribution in [0.15, 0.2) is 24.3 Å².